The minimum absolute atomic E-state index is 0.0725. The van der Waals surface area contributed by atoms with Crippen LogP contribution in [0.3, 0.4) is 0 Å². The van der Waals surface area contributed by atoms with Crippen LogP contribution in [-0.2, 0) is 16.1 Å². The molecule has 1 aliphatic heterocycles. The average molecular weight is 427 g/mol. The van der Waals surface area contributed by atoms with E-state index in [1.165, 1.54) is 12.1 Å². The maximum atomic E-state index is 12.8. The topological polar surface area (TPSA) is 102 Å². The number of nitrogens with two attached hydrogens (primary N) is 1. The molecule has 1 amide bonds. The van der Waals surface area contributed by atoms with Gasteiger partial charge in [-0.25, -0.2) is 4.79 Å². The maximum Gasteiger partial charge on any atom is 0.335 e. The fraction of sp³-hybridized carbons (Fsp3) is 0.417. The second kappa shape index (κ2) is 10.3. The van der Waals surface area contributed by atoms with Crippen molar-refractivity contribution < 1.29 is 24.2 Å². The maximum absolute atomic E-state index is 12.8. The summed E-state index contributed by atoms with van der Waals surface area (Å²) in [6.07, 6.45) is 1.07. The Balaban J connectivity index is 1.64. The lowest BCUT2D eigenvalue weighted by Gasteiger charge is -2.25. The van der Waals surface area contributed by atoms with Crippen LogP contribution in [-0.4, -0.2) is 47.2 Å². The van der Waals surface area contributed by atoms with Gasteiger partial charge in [0.05, 0.1) is 30.0 Å². The van der Waals surface area contributed by atoms with Crippen LogP contribution in [0.4, 0.5) is 5.69 Å². The van der Waals surface area contributed by atoms with Crippen LogP contribution in [0.2, 0.25) is 0 Å². The summed E-state index contributed by atoms with van der Waals surface area (Å²) in [6, 6.07) is 14.2. The van der Waals surface area contributed by atoms with Gasteiger partial charge in [-0.15, -0.1) is 0 Å². The van der Waals surface area contributed by atoms with Gasteiger partial charge >= 0.3 is 5.97 Å². The van der Waals surface area contributed by atoms with E-state index in [1.54, 1.807) is 6.07 Å². The van der Waals surface area contributed by atoms with Crippen molar-refractivity contribution in [2.24, 2.45) is 5.92 Å². The van der Waals surface area contributed by atoms with Gasteiger partial charge in [-0.1, -0.05) is 44.2 Å². The van der Waals surface area contributed by atoms with Crippen molar-refractivity contribution >= 4 is 17.6 Å². The van der Waals surface area contributed by atoms with Gasteiger partial charge < -0.3 is 25.2 Å². The van der Waals surface area contributed by atoms with Crippen LogP contribution in [0.1, 0.15) is 42.6 Å². The molecule has 7 heteroatoms. The summed E-state index contributed by atoms with van der Waals surface area (Å²) in [5.41, 5.74) is 7.41. The number of hydrogen-bond donors (Lipinski definition) is 2. The largest absolute Gasteiger partial charge is 0.489 e. The number of carboxylic acid groups (broad SMARTS) is 1. The van der Waals surface area contributed by atoms with Gasteiger partial charge in [-0.05, 0) is 36.1 Å². The molecule has 2 aromatic carbocycles. The standard InChI is InChI=1S/C24H30N2O5/c1-16(2)10-23(27)26-13-20(30-14-17-6-4-3-5-7-17)12-19(26)15-31-22-9-8-18(24(28)29)11-21(22)25/h3-9,11,16,19-20H,10,12-15,25H2,1-2H3,(H,28,29)/t19-,20+/m0/s1. The number of nitrogen functional groups attached to an aromatic ring is 1. The molecule has 3 rings (SSSR count). The Morgan fingerprint density at radius 2 is 1.94 bits per heavy atom. The second-order valence-electron chi connectivity index (χ2n) is 8.32. The van der Waals surface area contributed by atoms with Crippen LogP contribution in [0, 0.1) is 5.92 Å². The number of carbonyl (C=O) groups is 2. The van der Waals surface area contributed by atoms with Gasteiger partial charge in [0.25, 0.3) is 0 Å². The molecule has 2 aromatic rings. The number of anilines is 1. The van der Waals surface area contributed by atoms with Gasteiger partial charge in [0.2, 0.25) is 5.91 Å². The third-order valence-corrected chi connectivity index (χ3v) is 5.30. The second-order valence-corrected chi connectivity index (χ2v) is 8.32. The van der Waals surface area contributed by atoms with Gasteiger partial charge in [-0.3, -0.25) is 4.79 Å². The quantitative estimate of drug-likeness (QED) is 0.594. The lowest BCUT2D eigenvalue weighted by atomic mass is 10.1. The van der Waals surface area contributed by atoms with Gasteiger partial charge in [0.15, 0.2) is 0 Å². The number of carboxylic acids is 1. The molecule has 0 aliphatic carbocycles. The third-order valence-electron chi connectivity index (χ3n) is 5.30. The summed E-state index contributed by atoms with van der Waals surface area (Å²) < 4.78 is 12.0. The highest BCUT2D eigenvalue weighted by atomic mass is 16.5. The van der Waals surface area contributed by atoms with E-state index in [4.69, 9.17) is 20.3 Å². The number of rotatable bonds is 9. The van der Waals surface area contributed by atoms with Crippen molar-refractivity contribution in [1.82, 2.24) is 4.90 Å². The SMILES string of the molecule is CC(C)CC(=O)N1C[C@H](OCc2ccccc2)C[C@H]1COc1ccc(C(=O)O)cc1N. The highest BCUT2D eigenvalue weighted by molar-refractivity contribution is 5.89. The number of aromatic carboxylic acids is 1. The van der Waals surface area contributed by atoms with E-state index in [1.807, 2.05) is 49.1 Å². The molecular formula is C24H30N2O5. The number of ether oxygens (including phenoxy) is 2. The molecule has 0 aromatic heterocycles. The minimum atomic E-state index is -1.04. The molecule has 31 heavy (non-hydrogen) atoms. The van der Waals surface area contributed by atoms with E-state index in [9.17, 15) is 9.59 Å². The number of hydrogen-bond acceptors (Lipinski definition) is 5. The molecule has 3 N–H and O–H groups in total. The van der Waals surface area contributed by atoms with E-state index < -0.39 is 5.97 Å². The summed E-state index contributed by atoms with van der Waals surface area (Å²) in [7, 11) is 0. The van der Waals surface area contributed by atoms with Crippen LogP contribution >= 0.6 is 0 Å². The molecule has 0 bridgehead atoms. The Kier molecular flexibility index (Phi) is 7.52. The van der Waals surface area contributed by atoms with Crippen LogP contribution in [0.5, 0.6) is 5.75 Å². The Labute approximate surface area is 182 Å². The minimum Gasteiger partial charge on any atom is -0.489 e. The molecule has 1 saturated heterocycles. The Hall–Kier alpha value is -3.06. The molecule has 0 spiro atoms. The zero-order valence-electron chi connectivity index (χ0n) is 18.0. The highest BCUT2D eigenvalue weighted by Crippen LogP contribution is 2.27. The first-order valence-electron chi connectivity index (χ1n) is 10.5. The van der Waals surface area contributed by atoms with Gasteiger partial charge in [-0.2, -0.15) is 0 Å². The zero-order valence-corrected chi connectivity index (χ0v) is 18.0. The number of likely N-dealkylation sites (tertiary alicyclic amines) is 1. The molecule has 1 aliphatic rings. The summed E-state index contributed by atoms with van der Waals surface area (Å²) in [5, 5.41) is 9.08. The molecule has 0 unspecified atom stereocenters. The average Bonchev–Trinajstić information content (AvgIpc) is 3.15. The number of amides is 1. The van der Waals surface area contributed by atoms with E-state index in [2.05, 4.69) is 0 Å². The predicted octanol–water partition coefficient (Wildman–Crippen LogP) is 3.58. The normalized spacial score (nSPS) is 18.4. The lowest BCUT2D eigenvalue weighted by molar-refractivity contribution is -0.133. The van der Waals surface area contributed by atoms with Crippen molar-refractivity contribution in [2.75, 3.05) is 18.9 Å². The van der Waals surface area contributed by atoms with E-state index >= 15 is 0 Å². The van der Waals surface area contributed by atoms with Crippen molar-refractivity contribution in [1.29, 1.82) is 0 Å². The van der Waals surface area contributed by atoms with Crippen LogP contribution < -0.4 is 10.5 Å². The number of nitrogens with zero attached hydrogens (tertiary/aromatic N) is 1. The summed E-state index contributed by atoms with van der Waals surface area (Å²) in [6.45, 7) is 5.33. The van der Waals surface area contributed by atoms with Gasteiger partial charge in [0.1, 0.15) is 12.4 Å². The predicted molar refractivity (Wildman–Crippen MR) is 118 cm³/mol. The van der Waals surface area contributed by atoms with Crippen molar-refractivity contribution in [2.45, 2.75) is 45.4 Å². The van der Waals surface area contributed by atoms with Crippen molar-refractivity contribution in [3.05, 3.63) is 59.7 Å². The molecule has 1 heterocycles. The highest BCUT2D eigenvalue weighted by Gasteiger charge is 2.36. The smallest absolute Gasteiger partial charge is 0.335 e. The van der Waals surface area contributed by atoms with Crippen molar-refractivity contribution in [3.63, 3.8) is 0 Å². The zero-order chi connectivity index (χ0) is 22.4. The summed E-state index contributed by atoms with van der Waals surface area (Å²) in [5.74, 6) is -0.283. The first-order valence-corrected chi connectivity index (χ1v) is 10.5. The van der Waals surface area contributed by atoms with E-state index in [0.29, 0.717) is 31.7 Å². The summed E-state index contributed by atoms with van der Waals surface area (Å²) in [4.78, 5) is 25.7. The molecule has 0 radical (unpaired) electrons. The van der Waals surface area contributed by atoms with E-state index in [0.717, 1.165) is 5.56 Å². The first-order chi connectivity index (χ1) is 14.8. The van der Waals surface area contributed by atoms with Crippen LogP contribution in [0.15, 0.2) is 48.5 Å². The number of carbonyl (C=O) groups excluding carboxylic acids is 1. The van der Waals surface area contributed by atoms with Gasteiger partial charge in [0, 0.05) is 13.0 Å². The Morgan fingerprint density at radius 1 is 1.19 bits per heavy atom. The molecule has 166 valence electrons. The fourth-order valence-corrected chi connectivity index (χ4v) is 3.71. The third kappa shape index (κ3) is 6.21. The molecule has 1 fully saturated rings. The summed E-state index contributed by atoms with van der Waals surface area (Å²) >= 11 is 0. The molecule has 7 nitrogen and oxygen atoms in total. The fourth-order valence-electron chi connectivity index (χ4n) is 3.71. The first kappa shape index (κ1) is 22.6. The number of benzene rings is 2. The molecule has 2 atom stereocenters. The molecule has 0 saturated carbocycles. The molecular weight excluding hydrogens is 396 g/mol. The van der Waals surface area contributed by atoms with E-state index in [-0.39, 0.29) is 41.8 Å². The van der Waals surface area contributed by atoms with Crippen LogP contribution in [0.25, 0.3) is 0 Å². The lowest BCUT2D eigenvalue weighted by Crippen LogP contribution is -2.39. The Bertz CT molecular complexity index is 900. The van der Waals surface area contributed by atoms with Crippen molar-refractivity contribution in [3.8, 4) is 5.75 Å². The Morgan fingerprint density at radius 3 is 2.58 bits per heavy atom. The monoisotopic (exact) mass is 426 g/mol.